The molecule has 2 saturated heterocycles. The molecule has 24 heavy (non-hydrogen) atoms. The topological polar surface area (TPSA) is 66.4 Å². The second-order valence-electron chi connectivity index (χ2n) is 6.13. The van der Waals surface area contributed by atoms with Gasteiger partial charge in [-0.15, -0.1) is 0 Å². The zero-order valence-electron chi connectivity index (χ0n) is 12.8. The van der Waals surface area contributed by atoms with Crippen molar-refractivity contribution in [3.8, 4) is 0 Å². The summed E-state index contributed by atoms with van der Waals surface area (Å²) in [5.74, 6) is -0.0559. The summed E-state index contributed by atoms with van der Waals surface area (Å²) >= 11 is 5.96. The Hall–Kier alpha value is -2.47. The van der Waals surface area contributed by atoms with Gasteiger partial charge in [0.25, 0.3) is 5.91 Å². The first-order valence-electron chi connectivity index (χ1n) is 7.75. The predicted molar refractivity (Wildman–Crippen MR) is 88.7 cm³/mol. The molecule has 122 valence electrons. The second-order valence-corrected chi connectivity index (χ2v) is 6.57. The average molecular weight is 343 g/mol. The molecular weight excluding hydrogens is 328 g/mol. The molecule has 0 aliphatic carbocycles. The van der Waals surface area contributed by atoms with E-state index in [0.29, 0.717) is 35.9 Å². The molecule has 0 N–H and O–H groups in total. The van der Waals surface area contributed by atoms with Crippen molar-refractivity contribution in [2.24, 2.45) is 11.8 Å². The Morgan fingerprint density at radius 1 is 1.17 bits per heavy atom. The zero-order chi connectivity index (χ0) is 16.7. The van der Waals surface area contributed by atoms with Crippen LogP contribution in [0.3, 0.4) is 0 Å². The first-order chi connectivity index (χ1) is 11.6. The number of hydrogen-bond acceptors (Lipinski definition) is 4. The summed E-state index contributed by atoms with van der Waals surface area (Å²) < 4.78 is 0. The van der Waals surface area contributed by atoms with Crippen molar-refractivity contribution in [2.75, 3.05) is 24.5 Å². The van der Waals surface area contributed by atoms with Crippen molar-refractivity contribution in [1.29, 1.82) is 0 Å². The van der Waals surface area contributed by atoms with Gasteiger partial charge in [-0.1, -0.05) is 17.7 Å². The van der Waals surface area contributed by atoms with Crippen molar-refractivity contribution in [2.45, 2.75) is 0 Å². The summed E-state index contributed by atoms with van der Waals surface area (Å²) in [6.07, 6.45) is 4.72. The summed E-state index contributed by atoms with van der Waals surface area (Å²) in [7, 11) is 0. The van der Waals surface area contributed by atoms with Crippen LogP contribution in [0.25, 0.3) is 0 Å². The van der Waals surface area contributed by atoms with Gasteiger partial charge in [-0.2, -0.15) is 0 Å². The van der Waals surface area contributed by atoms with Crippen LogP contribution in [0.4, 0.5) is 5.69 Å². The molecule has 2 aliphatic rings. The normalized spacial score (nSPS) is 22.8. The maximum Gasteiger partial charge on any atom is 0.253 e. The van der Waals surface area contributed by atoms with Gasteiger partial charge in [-0.25, -0.2) is 9.97 Å². The van der Waals surface area contributed by atoms with Crippen molar-refractivity contribution in [1.82, 2.24) is 14.9 Å². The van der Waals surface area contributed by atoms with Crippen molar-refractivity contribution >= 4 is 29.1 Å². The Morgan fingerprint density at radius 2 is 1.96 bits per heavy atom. The molecule has 2 amide bonds. The fourth-order valence-electron chi connectivity index (χ4n) is 3.49. The van der Waals surface area contributed by atoms with Crippen LogP contribution in [0.5, 0.6) is 0 Å². The van der Waals surface area contributed by atoms with E-state index in [-0.39, 0.29) is 23.7 Å². The van der Waals surface area contributed by atoms with Crippen LogP contribution in [0.15, 0.2) is 43.0 Å². The van der Waals surface area contributed by atoms with Crippen molar-refractivity contribution in [3.63, 3.8) is 0 Å². The highest BCUT2D eigenvalue weighted by molar-refractivity contribution is 6.30. The third kappa shape index (κ3) is 2.53. The van der Waals surface area contributed by atoms with Gasteiger partial charge >= 0.3 is 0 Å². The number of rotatable bonds is 2. The van der Waals surface area contributed by atoms with Crippen LogP contribution in [-0.2, 0) is 4.79 Å². The SMILES string of the molecule is O=C(c1cccc(Cl)c1)N1C[C@H]2CN(c3cncnc3)C(=O)[C@H]2C1. The molecule has 1 aromatic carbocycles. The van der Waals surface area contributed by atoms with E-state index < -0.39 is 0 Å². The number of benzene rings is 1. The van der Waals surface area contributed by atoms with E-state index in [1.807, 2.05) is 0 Å². The highest BCUT2D eigenvalue weighted by Crippen LogP contribution is 2.35. The highest BCUT2D eigenvalue weighted by Gasteiger charge is 2.48. The lowest BCUT2D eigenvalue weighted by Gasteiger charge is -2.21. The standard InChI is InChI=1S/C17H15ClN4O2/c18-13-3-1-2-11(4-13)16(23)21-7-12-8-22(17(24)15(12)9-21)14-5-19-10-20-6-14/h1-6,10,12,15H,7-9H2/t12-,15-/m0/s1. The monoisotopic (exact) mass is 342 g/mol. The minimum absolute atomic E-state index is 0.0381. The van der Waals surface area contributed by atoms with E-state index in [1.165, 1.54) is 6.33 Å². The lowest BCUT2D eigenvalue weighted by atomic mass is 10.0. The molecule has 7 heteroatoms. The number of likely N-dealkylation sites (tertiary alicyclic amines) is 1. The van der Waals surface area contributed by atoms with Gasteiger partial charge in [0.15, 0.2) is 0 Å². The third-order valence-electron chi connectivity index (χ3n) is 4.66. The summed E-state index contributed by atoms with van der Waals surface area (Å²) in [4.78, 5) is 36.7. The van der Waals surface area contributed by atoms with E-state index in [2.05, 4.69) is 9.97 Å². The number of carbonyl (C=O) groups excluding carboxylic acids is 2. The number of aromatic nitrogens is 2. The van der Waals surface area contributed by atoms with Gasteiger partial charge in [-0.3, -0.25) is 9.59 Å². The lowest BCUT2D eigenvalue weighted by Crippen LogP contribution is -2.35. The average Bonchev–Trinajstić information content (AvgIpc) is 3.15. The van der Waals surface area contributed by atoms with Gasteiger partial charge in [0.2, 0.25) is 5.91 Å². The van der Waals surface area contributed by atoms with Crippen LogP contribution >= 0.6 is 11.6 Å². The molecule has 0 radical (unpaired) electrons. The summed E-state index contributed by atoms with van der Waals surface area (Å²) in [5, 5.41) is 0.534. The van der Waals surface area contributed by atoms with E-state index in [4.69, 9.17) is 11.6 Å². The van der Waals surface area contributed by atoms with Crippen molar-refractivity contribution < 1.29 is 9.59 Å². The molecule has 4 rings (SSSR count). The predicted octanol–water partition coefficient (Wildman–Crippen LogP) is 1.86. The molecular formula is C17H15ClN4O2. The summed E-state index contributed by atoms with van der Waals surface area (Å²) in [6, 6.07) is 6.90. The molecule has 0 unspecified atom stereocenters. The van der Waals surface area contributed by atoms with Gasteiger partial charge in [0.1, 0.15) is 6.33 Å². The van der Waals surface area contributed by atoms with Crippen LogP contribution < -0.4 is 4.90 Å². The summed E-state index contributed by atoms with van der Waals surface area (Å²) in [6.45, 7) is 1.61. The van der Waals surface area contributed by atoms with Crippen LogP contribution in [0, 0.1) is 11.8 Å². The molecule has 2 aromatic rings. The third-order valence-corrected chi connectivity index (χ3v) is 4.89. The number of carbonyl (C=O) groups is 2. The molecule has 6 nitrogen and oxygen atoms in total. The lowest BCUT2D eigenvalue weighted by molar-refractivity contribution is -0.120. The largest absolute Gasteiger partial charge is 0.337 e. The maximum absolute atomic E-state index is 12.7. The van der Waals surface area contributed by atoms with E-state index in [0.717, 1.165) is 0 Å². The first kappa shape index (κ1) is 15.1. The zero-order valence-corrected chi connectivity index (χ0v) is 13.6. The van der Waals surface area contributed by atoms with E-state index >= 15 is 0 Å². The smallest absolute Gasteiger partial charge is 0.253 e. The molecule has 3 heterocycles. The minimum Gasteiger partial charge on any atom is -0.337 e. The number of anilines is 1. The molecule has 2 fully saturated rings. The van der Waals surface area contributed by atoms with Crippen LogP contribution in [-0.4, -0.2) is 46.3 Å². The molecule has 2 atom stereocenters. The maximum atomic E-state index is 12.7. The number of fused-ring (bicyclic) bond motifs is 1. The molecule has 0 saturated carbocycles. The van der Waals surface area contributed by atoms with Gasteiger partial charge in [0.05, 0.1) is 24.0 Å². The Bertz CT molecular complexity index is 798. The molecule has 0 spiro atoms. The first-order valence-corrected chi connectivity index (χ1v) is 8.12. The van der Waals surface area contributed by atoms with Crippen LogP contribution in [0.2, 0.25) is 5.02 Å². The quantitative estimate of drug-likeness (QED) is 0.835. The minimum atomic E-state index is -0.159. The second kappa shape index (κ2) is 5.87. The Kier molecular flexibility index (Phi) is 3.69. The van der Waals surface area contributed by atoms with Gasteiger partial charge in [-0.05, 0) is 18.2 Å². The summed E-state index contributed by atoms with van der Waals surface area (Å²) in [5.41, 5.74) is 1.27. The van der Waals surface area contributed by atoms with Gasteiger partial charge < -0.3 is 9.80 Å². The number of hydrogen-bond donors (Lipinski definition) is 0. The Balaban J connectivity index is 1.49. The van der Waals surface area contributed by atoms with E-state index in [1.54, 1.807) is 46.5 Å². The van der Waals surface area contributed by atoms with E-state index in [9.17, 15) is 9.59 Å². The van der Waals surface area contributed by atoms with Crippen LogP contribution in [0.1, 0.15) is 10.4 Å². The number of halogens is 1. The molecule has 1 aromatic heterocycles. The van der Waals surface area contributed by atoms with Crippen molar-refractivity contribution in [3.05, 3.63) is 53.6 Å². The fourth-order valence-corrected chi connectivity index (χ4v) is 3.68. The molecule has 2 aliphatic heterocycles. The van der Waals surface area contributed by atoms with Gasteiger partial charge in [0, 0.05) is 36.1 Å². The Morgan fingerprint density at radius 3 is 2.67 bits per heavy atom. The fraction of sp³-hybridized carbons (Fsp3) is 0.294. The molecule has 0 bridgehead atoms. The number of amides is 2. The Labute approximate surface area is 144 Å². The number of nitrogens with zero attached hydrogens (tertiary/aromatic N) is 4. The highest BCUT2D eigenvalue weighted by atomic mass is 35.5.